The van der Waals surface area contributed by atoms with Crippen molar-refractivity contribution in [1.29, 1.82) is 0 Å². The van der Waals surface area contributed by atoms with E-state index in [-0.39, 0.29) is 18.6 Å². The number of nitrogens with one attached hydrogen (secondary N) is 1. The standard InChI is InChI=1S/C23H29ClN2O2/c1-17-10-11-19(14-18(17)2)28-16-23(27)25-15-22(26-12-6-3-7-13-26)20-8-4-5-9-21(20)24/h4-5,8-11,14,22H,3,6-7,12-13,15-16H2,1-2H3,(H,25,27). The molecule has 1 fully saturated rings. The van der Waals surface area contributed by atoms with Gasteiger partial charge < -0.3 is 10.1 Å². The number of halogens is 1. The number of carbonyl (C=O) groups excluding carboxylic acids is 1. The third-order valence-corrected chi connectivity index (χ3v) is 5.78. The predicted molar refractivity (Wildman–Crippen MR) is 114 cm³/mol. The van der Waals surface area contributed by atoms with Gasteiger partial charge in [-0.25, -0.2) is 0 Å². The molecule has 0 bridgehead atoms. The first-order valence-corrected chi connectivity index (χ1v) is 10.4. The topological polar surface area (TPSA) is 41.6 Å². The third kappa shape index (κ3) is 5.49. The first-order chi connectivity index (χ1) is 13.5. The van der Waals surface area contributed by atoms with E-state index in [1.165, 1.54) is 24.8 Å². The number of hydrogen-bond donors (Lipinski definition) is 1. The molecule has 0 saturated carbocycles. The van der Waals surface area contributed by atoms with Gasteiger partial charge in [0.05, 0.1) is 6.04 Å². The smallest absolute Gasteiger partial charge is 0.258 e. The van der Waals surface area contributed by atoms with Crippen molar-refractivity contribution >= 4 is 17.5 Å². The van der Waals surface area contributed by atoms with E-state index in [1.807, 2.05) is 43.3 Å². The summed E-state index contributed by atoms with van der Waals surface area (Å²) >= 11 is 6.46. The van der Waals surface area contributed by atoms with Crippen LogP contribution in [0.2, 0.25) is 5.02 Å². The van der Waals surface area contributed by atoms with Crippen LogP contribution in [0.3, 0.4) is 0 Å². The molecule has 1 heterocycles. The lowest BCUT2D eigenvalue weighted by atomic mass is 10.0. The maximum atomic E-state index is 12.4. The number of amides is 1. The maximum absolute atomic E-state index is 12.4. The molecule has 0 radical (unpaired) electrons. The first-order valence-electron chi connectivity index (χ1n) is 10.00. The fraction of sp³-hybridized carbons (Fsp3) is 0.435. The summed E-state index contributed by atoms with van der Waals surface area (Å²) in [5.74, 6) is 0.601. The number of likely N-dealkylation sites (tertiary alicyclic amines) is 1. The number of piperidine rings is 1. The first kappa shape index (κ1) is 20.7. The summed E-state index contributed by atoms with van der Waals surface area (Å²) in [4.78, 5) is 14.8. The number of benzene rings is 2. The Morgan fingerprint density at radius 3 is 2.57 bits per heavy atom. The molecule has 0 aromatic heterocycles. The summed E-state index contributed by atoms with van der Waals surface area (Å²) in [7, 11) is 0. The van der Waals surface area contributed by atoms with Crippen LogP contribution in [0.25, 0.3) is 0 Å². The van der Waals surface area contributed by atoms with Gasteiger partial charge in [0.2, 0.25) is 0 Å². The van der Waals surface area contributed by atoms with Crippen LogP contribution < -0.4 is 10.1 Å². The number of ether oxygens (including phenoxy) is 1. The van der Waals surface area contributed by atoms with Crippen molar-refractivity contribution in [3.8, 4) is 5.75 Å². The SMILES string of the molecule is Cc1ccc(OCC(=O)NCC(c2ccccc2Cl)N2CCCCC2)cc1C. The highest BCUT2D eigenvalue weighted by Crippen LogP contribution is 2.29. The number of carbonyl (C=O) groups is 1. The fourth-order valence-corrected chi connectivity index (χ4v) is 3.89. The number of nitrogens with zero attached hydrogens (tertiary/aromatic N) is 1. The molecule has 150 valence electrons. The average Bonchev–Trinajstić information content (AvgIpc) is 2.71. The van der Waals surface area contributed by atoms with Crippen LogP contribution in [0.1, 0.15) is 42.0 Å². The molecule has 5 heteroatoms. The Labute approximate surface area is 172 Å². The Balaban J connectivity index is 1.60. The number of hydrogen-bond acceptors (Lipinski definition) is 3. The van der Waals surface area contributed by atoms with Crippen molar-refractivity contribution in [2.24, 2.45) is 0 Å². The molecular weight excluding hydrogens is 372 g/mol. The second kappa shape index (κ2) is 9.94. The Morgan fingerprint density at radius 1 is 1.11 bits per heavy atom. The van der Waals surface area contributed by atoms with E-state index in [9.17, 15) is 4.79 Å². The molecule has 1 aliphatic heterocycles. The van der Waals surface area contributed by atoms with Gasteiger partial charge in [0, 0.05) is 11.6 Å². The summed E-state index contributed by atoms with van der Waals surface area (Å²) in [6.45, 7) is 6.70. The monoisotopic (exact) mass is 400 g/mol. The molecule has 2 aromatic rings. The van der Waals surface area contributed by atoms with Gasteiger partial charge in [0.1, 0.15) is 5.75 Å². The molecule has 28 heavy (non-hydrogen) atoms. The normalized spacial score (nSPS) is 15.8. The highest BCUT2D eigenvalue weighted by Gasteiger charge is 2.24. The number of rotatable bonds is 7. The minimum Gasteiger partial charge on any atom is -0.484 e. The summed E-state index contributed by atoms with van der Waals surface area (Å²) in [5, 5.41) is 3.79. The van der Waals surface area contributed by atoms with Gasteiger partial charge in [-0.2, -0.15) is 0 Å². The van der Waals surface area contributed by atoms with Crippen molar-refractivity contribution in [2.75, 3.05) is 26.2 Å². The van der Waals surface area contributed by atoms with Crippen molar-refractivity contribution in [3.63, 3.8) is 0 Å². The van der Waals surface area contributed by atoms with Crippen LogP contribution in [0.5, 0.6) is 5.75 Å². The zero-order valence-electron chi connectivity index (χ0n) is 16.7. The lowest BCUT2D eigenvalue weighted by Gasteiger charge is -2.35. The summed E-state index contributed by atoms with van der Waals surface area (Å²) in [5.41, 5.74) is 3.43. The van der Waals surface area contributed by atoms with E-state index >= 15 is 0 Å². The Hall–Kier alpha value is -2.04. The van der Waals surface area contributed by atoms with E-state index in [4.69, 9.17) is 16.3 Å². The average molecular weight is 401 g/mol. The molecule has 3 rings (SSSR count). The van der Waals surface area contributed by atoms with Crippen molar-refractivity contribution in [2.45, 2.75) is 39.2 Å². The summed E-state index contributed by atoms with van der Waals surface area (Å²) in [6, 6.07) is 13.9. The van der Waals surface area contributed by atoms with Crippen LogP contribution in [0.4, 0.5) is 0 Å². The summed E-state index contributed by atoms with van der Waals surface area (Å²) < 4.78 is 5.66. The fourth-order valence-electron chi connectivity index (χ4n) is 3.63. The minimum atomic E-state index is -0.118. The molecule has 0 spiro atoms. The van der Waals surface area contributed by atoms with Gasteiger partial charge in [-0.1, -0.05) is 42.3 Å². The highest BCUT2D eigenvalue weighted by molar-refractivity contribution is 6.31. The lowest BCUT2D eigenvalue weighted by Crippen LogP contribution is -2.41. The zero-order chi connectivity index (χ0) is 19.9. The second-order valence-corrected chi connectivity index (χ2v) is 7.88. The minimum absolute atomic E-state index is 0.0116. The molecule has 1 N–H and O–H groups in total. The molecular formula is C23H29ClN2O2. The van der Waals surface area contributed by atoms with Gasteiger partial charge in [-0.3, -0.25) is 9.69 Å². The zero-order valence-corrected chi connectivity index (χ0v) is 17.5. The molecule has 1 unspecified atom stereocenters. The van der Waals surface area contributed by atoms with E-state index in [1.54, 1.807) is 0 Å². The Kier molecular flexibility index (Phi) is 7.35. The molecule has 1 atom stereocenters. The van der Waals surface area contributed by atoms with Crippen molar-refractivity contribution < 1.29 is 9.53 Å². The molecule has 0 aliphatic carbocycles. The van der Waals surface area contributed by atoms with Crippen LogP contribution in [-0.2, 0) is 4.79 Å². The largest absolute Gasteiger partial charge is 0.484 e. The van der Waals surface area contributed by atoms with Crippen molar-refractivity contribution in [3.05, 3.63) is 64.2 Å². The third-order valence-electron chi connectivity index (χ3n) is 5.44. The van der Waals surface area contributed by atoms with Gasteiger partial charge in [0.15, 0.2) is 6.61 Å². The predicted octanol–water partition coefficient (Wildman–Crippen LogP) is 4.68. The van der Waals surface area contributed by atoms with E-state index < -0.39 is 0 Å². The van der Waals surface area contributed by atoms with Crippen LogP contribution in [-0.4, -0.2) is 37.0 Å². The molecule has 2 aromatic carbocycles. The second-order valence-electron chi connectivity index (χ2n) is 7.47. The maximum Gasteiger partial charge on any atom is 0.258 e. The Bertz CT molecular complexity index is 803. The van der Waals surface area contributed by atoms with Gasteiger partial charge >= 0.3 is 0 Å². The molecule has 1 amide bonds. The van der Waals surface area contributed by atoms with Crippen LogP contribution >= 0.6 is 11.6 Å². The molecule has 4 nitrogen and oxygen atoms in total. The molecule has 1 aliphatic rings. The quantitative estimate of drug-likeness (QED) is 0.733. The Morgan fingerprint density at radius 2 is 1.86 bits per heavy atom. The van der Waals surface area contributed by atoms with E-state index in [2.05, 4.69) is 23.2 Å². The highest BCUT2D eigenvalue weighted by atomic mass is 35.5. The van der Waals surface area contributed by atoms with Gasteiger partial charge in [0.25, 0.3) is 5.91 Å². The van der Waals surface area contributed by atoms with Crippen LogP contribution in [0, 0.1) is 13.8 Å². The van der Waals surface area contributed by atoms with E-state index in [0.29, 0.717) is 6.54 Å². The van der Waals surface area contributed by atoms with E-state index in [0.717, 1.165) is 35.0 Å². The number of aryl methyl sites for hydroxylation is 2. The summed E-state index contributed by atoms with van der Waals surface area (Å²) in [6.07, 6.45) is 3.64. The van der Waals surface area contributed by atoms with Crippen LogP contribution in [0.15, 0.2) is 42.5 Å². The van der Waals surface area contributed by atoms with Crippen molar-refractivity contribution in [1.82, 2.24) is 10.2 Å². The lowest BCUT2D eigenvalue weighted by molar-refractivity contribution is -0.123. The van der Waals surface area contributed by atoms with Gasteiger partial charge in [-0.05, 0) is 74.7 Å². The van der Waals surface area contributed by atoms with Gasteiger partial charge in [-0.15, -0.1) is 0 Å². The molecule has 1 saturated heterocycles.